The second-order valence-corrected chi connectivity index (χ2v) is 6.38. The maximum atomic E-state index is 12.1. The van der Waals surface area contributed by atoms with Gasteiger partial charge < -0.3 is 24.3 Å². The summed E-state index contributed by atoms with van der Waals surface area (Å²) in [4.78, 5) is 23.9. The summed E-state index contributed by atoms with van der Waals surface area (Å²) < 4.78 is 21.5. The van der Waals surface area contributed by atoms with Crippen molar-refractivity contribution in [2.24, 2.45) is 0 Å². The molecule has 0 aromatic heterocycles. The van der Waals surface area contributed by atoms with Gasteiger partial charge in [-0.3, -0.25) is 9.59 Å². The Morgan fingerprint density at radius 3 is 1.93 bits per heavy atom. The number of hydrogen-bond donors (Lipinski definition) is 1. The molecule has 0 fully saturated rings. The Morgan fingerprint density at radius 2 is 1.33 bits per heavy atom. The van der Waals surface area contributed by atoms with Crippen LogP contribution in [0.2, 0.25) is 0 Å². The molecule has 0 radical (unpaired) electrons. The summed E-state index contributed by atoms with van der Waals surface area (Å²) in [6.45, 7) is 5.36. The van der Waals surface area contributed by atoms with Crippen LogP contribution in [0.5, 0.6) is 17.2 Å². The molecule has 7 heteroatoms. The smallest absolute Gasteiger partial charge is 0.325 e. The third-order valence-electron chi connectivity index (χ3n) is 4.03. The minimum atomic E-state index is -0.529. The van der Waals surface area contributed by atoms with E-state index >= 15 is 0 Å². The fraction of sp³-hybridized carbons (Fsp3) is 0.391. The molecule has 162 valence electrons. The van der Waals surface area contributed by atoms with Gasteiger partial charge in [0.1, 0.15) is 37.0 Å². The molecule has 0 aliphatic rings. The number of carbonyl (C=O) groups excluding carboxylic acids is 2. The Balaban J connectivity index is 1.62. The molecule has 0 saturated heterocycles. The highest BCUT2D eigenvalue weighted by molar-refractivity contribution is 5.96. The first-order chi connectivity index (χ1) is 14.6. The zero-order valence-corrected chi connectivity index (χ0v) is 17.5. The summed E-state index contributed by atoms with van der Waals surface area (Å²) in [7, 11) is 0. The number of benzene rings is 2. The Labute approximate surface area is 177 Å². The maximum absolute atomic E-state index is 12.1. The van der Waals surface area contributed by atoms with E-state index in [-0.39, 0.29) is 25.7 Å². The molecule has 0 atom stereocenters. The van der Waals surface area contributed by atoms with Gasteiger partial charge in [-0.1, -0.05) is 13.3 Å². The van der Waals surface area contributed by atoms with E-state index in [1.54, 1.807) is 36.4 Å². The summed E-state index contributed by atoms with van der Waals surface area (Å²) in [6, 6.07) is 14.0. The monoisotopic (exact) mass is 415 g/mol. The number of ether oxygens (including phenoxy) is 4. The van der Waals surface area contributed by atoms with Gasteiger partial charge in [0.25, 0.3) is 5.91 Å². The molecule has 0 spiro atoms. The van der Waals surface area contributed by atoms with E-state index in [0.29, 0.717) is 30.3 Å². The van der Waals surface area contributed by atoms with E-state index in [2.05, 4.69) is 12.2 Å². The third kappa shape index (κ3) is 8.43. The minimum absolute atomic E-state index is 0.0890. The predicted octanol–water partition coefficient (Wildman–Crippen LogP) is 3.62. The summed E-state index contributed by atoms with van der Waals surface area (Å²) >= 11 is 0. The van der Waals surface area contributed by atoms with Crippen molar-refractivity contribution < 1.29 is 28.5 Å². The zero-order chi connectivity index (χ0) is 21.6. The van der Waals surface area contributed by atoms with E-state index in [0.717, 1.165) is 18.6 Å². The van der Waals surface area contributed by atoms with Gasteiger partial charge in [-0.05, 0) is 61.9 Å². The fourth-order valence-electron chi connectivity index (χ4n) is 2.46. The highest BCUT2D eigenvalue weighted by atomic mass is 16.6. The SMILES string of the molecule is CCCCOc1ccc(C(=O)NCC(=O)OCCOc2ccc(OCC)cc2)cc1. The molecule has 2 aromatic rings. The summed E-state index contributed by atoms with van der Waals surface area (Å²) in [5.41, 5.74) is 0.449. The van der Waals surface area contributed by atoms with Gasteiger partial charge in [-0.15, -0.1) is 0 Å². The van der Waals surface area contributed by atoms with E-state index < -0.39 is 5.97 Å². The first-order valence-corrected chi connectivity index (χ1v) is 10.1. The summed E-state index contributed by atoms with van der Waals surface area (Å²) in [5.74, 6) is 1.26. The molecule has 0 unspecified atom stereocenters. The molecule has 7 nitrogen and oxygen atoms in total. The zero-order valence-electron chi connectivity index (χ0n) is 17.5. The van der Waals surface area contributed by atoms with Crippen LogP contribution in [0.3, 0.4) is 0 Å². The van der Waals surface area contributed by atoms with Crippen LogP contribution in [0.15, 0.2) is 48.5 Å². The molecular formula is C23H29NO6. The first-order valence-electron chi connectivity index (χ1n) is 10.1. The Morgan fingerprint density at radius 1 is 0.767 bits per heavy atom. The highest BCUT2D eigenvalue weighted by Crippen LogP contribution is 2.17. The normalized spacial score (nSPS) is 10.2. The Bertz CT molecular complexity index is 773. The van der Waals surface area contributed by atoms with Crippen molar-refractivity contribution in [3.63, 3.8) is 0 Å². The minimum Gasteiger partial charge on any atom is -0.494 e. The quantitative estimate of drug-likeness (QED) is 0.397. The molecule has 1 N–H and O–H groups in total. The van der Waals surface area contributed by atoms with Gasteiger partial charge in [0, 0.05) is 5.56 Å². The molecule has 0 aliphatic carbocycles. The van der Waals surface area contributed by atoms with E-state index in [4.69, 9.17) is 18.9 Å². The largest absolute Gasteiger partial charge is 0.494 e. The van der Waals surface area contributed by atoms with Crippen molar-refractivity contribution in [3.05, 3.63) is 54.1 Å². The summed E-state index contributed by atoms with van der Waals surface area (Å²) in [5, 5.41) is 2.54. The molecule has 0 bridgehead atoms. The van der Waals surface area contributed by atoms with Crippen LogP contribution in [0.1, 0.15) is 37.0 Å². The number of nitrogens with one attached hydrogen (secondary N) is 1. The van der Waals surface area contributed by atoms with Crippen LogP contribution in [-0.4, -0.2) is 44.8 Å². The average molecular weight is 415 g/mol. The lowest BCUT2D eigenvalue weighted by atomic mass is 10.2. The topological polar surface area (TPSA) is 83.1 Å². The van der Waals surface area contributed by atoms with Gasteiger partial charge >= 0.3 is 5.97 Å². The lowest BCUT2D eigenvalue weighted by molar-refractivity contribution is -0.143. The van der Waals surface area contributed by atoms with Crippen molar-refractivity contribution >= 4 is 11.9 Å². The van der Waals surface area contributed by atoms with Crippen LogP contribution >= 0.6 is 0 Å². The number of unbranched alkanes of at least 4 members (excludes halogenated alkanes) is 1. The van der Waals surface area contributed by atoms with Crippen molar-refractivity contribution in [3.8, 4) is 17.2 Å². The summed E-state index contributed by atoms with van der Waals surface area (Å²) in [6.07, 6.45) is 2.04. The van der Waals surface area contributed by atoms with Crippen molar-refractivity contribution in [2.75, 3.05) is 33.0 Å². The van der Waals surface area contributed by atoms with Crippen LogP contribution < -0.4 is 19.5 Å². The van der Waals surface area contributed by atoms with Crippen LogP contribution in [0.25, 0.3) is 0 Å². The van der Waals surface area contributed by atoms with Gasteiger partial charge in [-0.2, -0.15) is 0 Å². The molecule has 2 rings (SSSR count). The maximum Gasteiger partial charge on any atom is 0.325 e. The first kappa shape index (κ1) is 23.1. The Kier molecular flexibility index (Phi) is 10.1. The van der Waals surface area contributed by atoms with Crippen LogP contribution in [0.4, 0.5) is 0 Å². The number of rotatable bonds is 13. The molecule has 0 saturated carbocycles. The van der Waals surface area contributed by atoms with Crippen molar-refractivity contribution in [1.29, 1.82) is 0 Å². The molecule has 2 aromatic carbocycles. The number of amides is 1. The van der Waals surface area contributed by atoms with Crippen molar-refractivity contribution in [2.45, 2.75) is 26.7 Å². The van der Waals surface area contributed by atoms with Gasteiger partial charge in [0.05, 0.1) is 13.2 Å². The second-order valence-electron chi connectivity index (χ2n) is 6.38. The van der Waals surface area contributed by atoms with Crippen LogP contribution in [0, 0.1) is 0 Å². The molecule has 0 aliphatic heterocycles. The standard InChI is InChI=1S/C23H29NO6/c1-3-5-14-28-20-8-6-18(7-9-20)23(26)24-17-22(25)30-16-15-29-21-12-10-19(11-13-21)27-4-2/h6-13H,3-5,14-17H2,1-2H3,(H,24,26). The average Bonchev–Trinajstić information content (AvgIpc) is 2.77. The number of hydrogen-bond acceptors (Lipinski definition) is 6. The van der Waals surface area contributed by atoms with E-state index in [9.17, 15) is 9.59 Å². The fourth-order valence-corrected chi connectivity index (χ4v) is 2.46. The highest BCUT2D eigenvalue weighted by Gasteiger charge is 2.09. The molecule has 1 amide bonds. The second kappa shape index (κ2) is 13.1. The number of carbonyl (C=O) groups is 2. The number of esters is 1. The van der Waals surface area contributed by atoms with E-state index in [1.165, 1.54) is 0 Å². The predicted molar refractivity (Wildman–Crippen MR) is 113 cm³/mol. The molecular weight excluding hydrogens is 386 g/mol. The van der Waals surface area contributed by atoms with Crippen LogP contribution in [-0.2, 0) is 9.53 Å². The lowest BCUT2D eigenvalue weighted by Crippen LogP contribution is -2.31. The van der Waals surface area contributed by atoms with Gasteiger partial charge in [0.2, 0.25) is 0 Å². The third-order valence-corrected chi connectivity index (χ3v) is 4.03. The lowest BCUT2D eigenvalue weighted by Gasteiger charge is -2.09. The van der Waals surface area contributed by atoms with Gasteiger partial charge in [0.15, 0.2) is 0 Å². The van der Waals surface area contributed by atoms with Gasteiger partial charge in [-0.25, -0.2) is 0 Å². The van der Waals surface area contributed by atoms with E-state index in [1.807, 2.05) is 19.1 Å². The molecule has 0 heterocycles. The molecule has 30 heavy (non-hydrogen) atoms. The van der Waals surface area contributed by atoms with Crippen molar-refractivity contribution in [1.82, 2.24) is 5.32 Å². The Hall–Kier alpha value is -3.22.